The molecule has 0 unspecified atom stereocenters. The van der Waals surface area contributed by atoms with Gasteiger partial charge in [-0.15, -0.1) is 0 Å². The second-order valence-electron chi connectivity index (χ2n) is 5.12. The Bertz CT molecular complexity index is 620. The number of aromatic nitrogens is 2. The third kappa shape index (κ3) is 3.47. The summed E-state index contributed by atoms with van der Waals surface area (Å²) < 4.78 is 28.8. The molecule has 1 aromatic carbocycles. The minimum Gasteiger partial charge on any atom is -0.317 e. The number of rotatable bonds is 6. The fourth-order valence-electron chi connectivity index (χ4n) is 2.47. The number of nitrogens with one attached hydrogen (secondary N) is 1. The third-order valence-electron chi connectivity index (χ3n) is 3.68. The van der Waals surface area contributed by atoms with Crippen LogP contribution in [0.15, 0.2) is 18.2 Å². The van der Waals surface area contributed by atoms with Gasteiger partial charge < -0.3 is 5.32 Å². The highest BCUT2D eigenvalue weighted by Crippen LogP contribution is 2.17. The first-order chi connectivity index (χ1) is 10.0. The van der Waals surface area contributed by atoms with Gasteiger partial charge >= 0.3 is 0 Å². The van der Waals surface area contributed by atoms with Crippen molar-refractivity contribution in [3.05, 3.63) is 52.3 Å². The average Bonchev–Trinajstić information content (AvgIpc) is 2.71. The molecular weight excluding hydrogens is 272 g/mol. The molecule has 3 nitrogen and oxygen atoms in total. The van der Waals surface area contributed by atoms with Crippen LogP contribution < -0.4 is 5.32 Å². The predicted molar refractivity (Wildman–Crippen MR) is 79.4 cm³/mol. The van der Waals surface area contributed by atoms with Crippen molar-refractivity contribution >= 4 is 0 Å². The quantitative estimate of drug-likeness (QED) is 0.830. The lowest BCUT2D eigenvalue weighted by atomic mass is 10.1. The maximum absolute atomic E-state index is 13.7. The van der Waals surface area contributed by atoms with Crippen molar-refractivity contribution in [2.24, 2.45) is 0 Å². The number of hydrogen-bond acceptors (Lipinski definition) is 2. The van der Waals surface area contributed by atoms with Crippen LogP contribution in [0.1, 0.15) is 29.4 Å². The Balaban J connectivity index is 2.21. The maximum atomic E-state index is 13.7. The van der Waals surface area contributed by atoms with E-state index in [1.807, 2.05) is 13.8 Å². The molecule has 1 aromatic heterocycles. The number of likely N-dealkylation sites (N-methyl/N-ethyl adjacent to an activating group) is 1. The summed E-state index contributed by atoms with van der Waals surface area (Å²) in [7, 11) is 0. The second-order valence-corrected chi connectivity index (χ2v) is 5.12. The van der Waals surface area contributed by atoms with Gasteiger partial charge in [-0.3, -0.25) is 4.68 Å². The van der Waals surface area contributed by atoms with E-state index in [1.165, 1.54) is 11.6 Å². The van der Waals surface area contributed by atoms with Crippen LogP contribution in [0.2, 0.25) is 0 Å². The van der Waals surface area contributed by atoms with E-state index in [4.69, 9.17) is 0 Å². The fourth-order valence-corrected chi connectivity index (χ4v) is 2.47. The van der Waals surface area contributed by atoms with Crippen molar-refractivity contribution in [2.75, 3.05) is 13.1 Å². The van der Waals surface area contributed by atoms with E-state index in [9.17, 15) is 8.78 Å². The summed E-state index contributed by atoms with van der Waals surface area (Å²) in [6, 6.07) is 4.24. The Hall–Kier alpha value is -1.75. The molecule has 5 heteroatoms. The molecule has 114 valence electrons. The minimum absolute atomic E-state index is 0.247. The minimum atomic E-state index is -0.818. The Morgan fingerprint density at radius 2 is 2.00 bits per heavy atom. The van der Waals surface area contributed by atoms with E-state index in [0.29, 0.717) is 5.56 Å². The molecule has 0 fully saturated rings. The zero-order valence-electron chi connectivity index (χ0n) is 12.7. The second kappa shape index (κ2) is 6.80. The normalized spacial score (nSPS) is 11.1. The first-order valence-electron chi connectivity index (χ1n) is 7.21. The van der Waals surface area contributed by atoms with Gasteiger partial charge in [0.05, 0.1) is 12.2 Å². The molecule has 0 aliphatic carbocycles. The topological polar surface area (TPSA) is 29.9 Å². The zero-order chi connectivity index (χ0) is 15.4. The van der Waals surface area contributed by atoms with Crippen LogP contribution in [0.5, 0.6) is 0 Å². The van der Waals surface area contributed by atoms with Gasteiger partial charge in [0, 0.05) is 11.3 Å². The SMILES string of the molecule is CCNCCc1c(C)nn(Cc2cccc(F)c2F)c1C. The average molecular weight is 293 g/mol. The van der Waals surface area contributed by atoms with Crippen molar-refractivity contribution in [2.45, 2.75) is 33.7 Å². The molecule has 0 bridgehead atoms. The van der Waals surface area contributed by atoms with Gasteiger partial charge in [0.2, 0.25) is 0 Å². The summed E-state index contributed by atoms with van der Waals surface area (Å²) in [5.41, 5.74) is 3.45. The van der Waals surface area contributed by atoms with E-state index >= 15 is 0 Å². The molecule has 0 atom stereocenters. The van der Waals surface area contributed by atoms with Gasteiger partial charge in [-0.2, -0.15) is 5.10 Å². The highest BCUT2D eigenvalue weighted by atomic mass is 19.2. The number of nitrogens with zero attached hydrogens (tertiary/aromatic N) is 2. The first-order valence-corrected chi connectivity index (χ1v) is 7.21. The van der Waals surface area contributed by atoms with E-state index in [-0.39, 0.29) is 6.54 Å². The molecule has 1 N–H and O–H groups in total. The van der Waals surface area contributed by atoms with Gasteiger partial charge in [-0.25, -0.2) is 8.78 Å². The van der Waals surface area contributed by atoms with E-state index in [2.05, 4.69) is 17.3 Å². The molecule has 0 saturated heterocycles. The maximum Gasteiger partial charge on any atom is 0.163 e. The first kappa shape index (κ1) is 15.6. The molecule has 0 aliphatic rings. The van der Waals surface area contributed by atoms with Gasteiger partial charge in [0.25, 0.3) is 0 Å². The van der Waals surface area contributed by atoms with E-state index < -0.39 is 11.6 Å². The van der Waals surface area contributed by atoms with Crippen LogP contribution in [0, 0.1) is 25.5 Å². The molecule has 0 aliphatic heterocycles. The van der Waals surface area contributed by atoms with Gasteiger partial charge in [-0.1, -0.05) is 19.1 Å². The molecule has 2 aromatic rings. The van der Waals surface area contributed by atoms with Crippen LogP contribution in [0.25, 0.3) is 0 Å². The molecule has 0 radical (unpaired) electrons. The monoisotopic (exact) mass is 293 g/mol. The Morgan fingerprint density at radius 1 is 1.24 bits per heavy atom. The summed E-state index contributed by atoms with van der Waals surface area (Å²) in [5.74, 6) is -1.61. The van der Waals surface area contributed by atoms with Gasteiger partial charge in [-0.05, 0) is 45.0 Å². The van der Waals surface area contributed by atoms with Crippen molar-refractivity contribution in [3.63, 3.8) is 0 Å². The summed E-state index contributed by atoms with van der Waals surface area (Å²) >= 11 is 0. The van der Waals surface area contributed by atoms with E-state index in [1.54, 1.807) is 10.7 Å². The van der Waals surface area contributed by atoms with Crippen LogP contribution in [0.4, 0.5) is 8.78 Å². The van der Waals surface area contributed by atoms with Crippen LogP contribution in [-0.2, 0) is 13.0 Å². The van der Waals surface area contributed by atoms with Gasteiger partial charge in [0.1, 0.15) is 0 Å². The van der Waals surface area contributed by atoms with Crippen molar-refractivity contribution in [1.82, 2.24) is 15.1 Å². The standard InChI is InChI=1S/C16H21F2N3/c1-4-19-9-8-14-11(2)20-21(12(14)3)10-13-6-5-7-15(17)16(13)18/h5-7,19H,4,8-10H2,1-3H3. The Kier molecular flexibility index (Phi) is 5.07. The van der Waals surface area contributed by atoms with Crippen LogP contribution >= 0.6 is 0 Å². The summed E-state index contributed by atoms with van der Waals surface area (Å²) in [6.45, 7) is 8.05. The highest BCUT2D eigenvalue weighted by Gasteiger charge is 2.14. The highest BCUT2D eigenvalue weighted by molar-refractivity contribution is 5.27. The smallest absolute Gasteiger partial charge is 0.163 e. The largest absolute Gasteiger partial charge is 0.317 e. The Morgan fingerprint density at radius 3 is 2.71 bits per heavy atom. The number of benzene rings is 1. The number of hydrogen-bond donors (Lipinski definition) is 1. The fraction of sp³-hybridized carbons (Fsp3) is 0.438. The third-order valence-corrected chi connectivity index (χ3v) is 3.68. The molecule has 1 heterocycles. The lowest BCUT2D eigenvalue weighted by Crippen LogP contribution is -2.16. The predicted octanol–water partition coefficient (Wildman–Crippen LogP) is 2.98. The molecular formula is C16H21F2N3. The van der Waals surface area contributed by atoms with Crippen molar-refractivity contribution < 1.29 is 8.78 Å². The van der Waals surface area contributed by atoms with E-state index in [0.717, 1.165) is 37.0 Å². The van der Waals surface area contributed by atoms with Crippen LogP contribution in [-0.4, -0.2) is 22.9 Å². The molecule has 0 saturated carbocycles. The van der Waals surface area contributed by atoms with Crippen molar-refractivity contribution in [1.29, 1.82) is 0 Å². The molecule has 2 rings (SSSR count). The summed E-state index contributed by atoms with van der Waals surface area (Å²) in [5, 5.41) is 7.73. The number of aryl methyl sites for hydroxylation is 1. The Labute approximate surface area is 124 Å². The van der Waals surface area contributed by atoms with Gasteiger partial charge in [0.15, 0.2) is 11.6 Å². The summed E-state index contributed by atoms with van der Waals surface area (Å²) in [6.07, 6.45) is 0.886. The molecule has 0 spiro atoms. The zero-order valence-corrected chi connectivity index (χ0v) is 12.7. The number of halogens is 2. The van der Waals surface area contributed by atoms with Crippen LogP contribution in [0.3, 0.4) is 0 Å². The summed E-state index contributed by atoms with van der Waals surface area (Å²) in [4.78, 5) is 0. The van der Waals surface area contributed by atoms with Crippen molar-refractivity contribution in [3.8, 4) is 0 Å². The molecule has 21 heavy (non-hydrogen) atoms. The lowest BCUT2D eigenvalue weighted by molar-refractivity contribution is 0.490. The molecule has 0 amide bonds. The lowest BCUT2D eigenvalue weighted by Gasteiger charge is -2.07.